The van der Waals surface area contributed by atoms with Gasteiger partial charge in [0.15, 0.2) is 0 Å². The summed E-state index contributed by atoms with van der Waals surface area (Å²) < 4.78 is 16.1. The van der Waals surface area contributed by atoms with Crippen LogP contribution < -0.4 is 4.74 Å². The monoisotopic (exact) mass is 372 g/mol. The van der Waals surface area contributed by atoms with Crippen molar-refractivity contribution >= 4 is 0 Å². The van der Waals surface area contributed by atoms with Crippen molar-refractivity contribution in [2.75, 3.05) is 53.0 Å². The molecule has 2 saturated heterocycles. The van der Waals surface area contributed by atoms with E-state index in [1.165, 1.54) is 19.4 Å². The summed E-state index contributed by atoms with van der Waals surface area (Å²) in [7, 11) is 1.66. The maximum absolute atomic E-state index is 5.47. The molecule has 0 spiro atoms. The highest BCUT2D eigenvalue weighted by Crippen LogP contribution is 2.22. The summed E-state index contributed by atoms with van der Waals surface area (Å²) in [6.07, 6.45) is 2.47. The van der Waals surface area contributed by atoms with Crippen molar-refractivity contribution in [1.82, 2.24) is 19.9 Å². The fourth-order valence-corrected chi connectivity index (χ4v) is 3.84. The van der Waals surface area contributed by atoms with Crippen molar-refractivity contribution in [3.8, 4) is 17.1 Å². The fraction of sp³-hybridized carbons (Fsp3) is 0.600. The summed E-state index contributed by atoms with van der Waals surface area (Å²) >= 11 is 0. The third-order valence-electron chi connectivity index (χ3n) is 5.50. The van der Waals surface area contributed by atoms with Crippen molar-refractivity contribution in [2.24, 2.45) is 5.92 Å². The molecule has 7 nitrogen and oxygen atoms in total. The van der Waals surface area contributed by atoms with Gasteiger partial charge in [-0.3, -0.25) is 9.80 Å². The van der Waals surface area contributed by atoms with E-state index in [0.29, 0.717) is 11.7 Å². The molecular formula is C20H28N4O3. The van der Waals surface area contributed by atoms with E-state index in [4.69, 9.17) is 14.0 Å². The molecule has 7 heteroatoms. The molecule has 1 aromatic carbocycles. The first-order valence-electron chi connectivity index (χ1n) is 9.79. The van der Waals surface area contributed by atoms with Gasteiger partial charge >= 0.3 is 0 Å². The number of ether oxygens (including phenoxy) is 2. The SMILES string of the molecule is COc1ccc(-c2noc(CN3CCC(CN4CCOCC4)CC3)n2)cc1. The van der Waals surface area contributed by atoms with Crippen molar-refractivity contribution in [3.05, 3.63) is 30.2 Å². The van der Waals surface area contributed by atoms with E-state index in [1.54, 1.807) is 7.11 Å². The number of piperidine rings is 1. The van der Waals surface area contributed by atoms with Gasteiger partial charge in [-0.1, -0.05) is 5.16 Å². The van der Waals surface area contributed by atoms with Crippen molar-refractivity contribution in [1.29, 1.82) is 0 Å². The molecule has 0 saturated carbocycles. The maximum atomic E-state index is 5.47. The molecule has 2 fully saturated rings. The zero-order valence-electron chi connectivity index (χ0n) is 16.0. The van der Waals surface area contributed by atoms with Crippen LogP contribution in [0.5, 0.6) is 5.75 Å². The first-order valence-corrected chi connectivity index (χ1v) is 9.79. The first-order chi connectivity index (χ1) is 13.3. The summed E-state index contributed by atoms with van der Waals surface area (Å²) in [5.41, 5.74) is 0.940. The lowest BCUT2D eigenvalue weighted by Gasteiger charge is -2.35. The fourth-order valence-electron chi connectivity index (χ4n) is 3.84. The van der Waals surface area contributed by atoms with Crippen LogP contribution in [0, 0.1) is 5.92 Å². The van der Waals surface area contributed by atoms with E-state index in [0.717, 1.165) is 63.2 Å². The molecule has 146 valence electrons. The summed E-state index contributed by atoms with van der Waals surface area (Å²) in [6.45, 7) is 8.04. The molecule has 0 bridgehead atoms. The molecule has 1 aromatic heterocycles. The summed E-state index contributed by atoms with van der Waals surface area (Å²) in [5.74, 6) is 2.93. The Morgan fingerprint density at radius 2 is 1.78 bits per heavy atom. The molecule has 0 amide bonds. The average Bonchev–Trinajstić information content (AvgIpc) is 3.19. The lowest BCUT2D eigenvalue weighted by molar-refractivity contribution is 0.0238. The van der Waals surface area contributed by atoms with Crippen LogP contribution in [0.15, 0.2) is 28.8 Å². The summed E-state index contributed by atoms with van der Waals surface area (Å²) in [5, 5.41) is 4.13. The number of benzene rings is 1. The highest BCUT2D eigenvalue weighted by Gasteiger charge is 2.23. The van der Waals surface area contributed by atoms with E-state index in [1.807, 2.05) is 24.3 Å². The van der Waals surface area contributed by atoms with Crippen LogP contribution in [-0.2, 0) is 11.3 Å². The topological polar surface area (TPSA) is 63.9 Å². The molecule has 0 radical (unpaired) electrons. The molecule has 0 atom stereocenters. The lowest BCUT2D eigenvalue weighted by atomic mass is 9.96. The molecule has 2 aromatic rings. The number of morpholine rings is 1. The Morgan fingerprint density at radius 3 is 2.48 bits per heavy atom. The minimum absolute atomic E-state index is 0.634. The Kier molecular flexibility index (Phi) is 6.01. The molecule has 27 heavy (non-hydrogen) atoms. The van der Waals surface area contributed by atoms with Crippen LogP contribution in [0.3, 0.4) is 0 Å². The van der Waals surface area contributed by atoms with Crippen LogP contribution >= 0.6 is 0 Å². The average molecular weight is 372 g/mol. The van der Waals surface area contributed by atoms with Crippen molar-refractivity contribution in [3.63, 3.8) is 0 Å². The number of rotatable bonds is 6. The van der Waals surface area contributed by atoms with Gasteiger partial charge in [0.05, 0.1) is 26.9 Å². The van der Waals surface area contributed by atoms with E-state index in [9.17, 15) is 0 Å². The van der Waals surface area contributed by atoms with Crippen LogP contribution in [-0.4, -0.2) is 73.0 Å². The molecule has 0 aliphatic carbocycles. The largest absolute Gasteiger partial charge is 0.497 e. The smallest absolute Gasteiger partial charge is 0.241 e. The van der Waals surface area contributed by atoms with Gasteiger partial charge in [0.2, 0.25) is 11.7 Å². The molecule has 2 aliphatic rings. The van der Waals surface area contributed by atoms with Crippen molar-refractivity contribution < 1.29 is 14.0 Å². The molecule has 4 rings (SSSR count). The maximum Gasteiger partial charge on any atom is 0.241 e. The van der Waals surface area contributed by atoms with Crippen LogP contribution in [0.4, 0.5) is 0 Å². The Bertz CT molecular complexity index is 704. The quantitative estimate of drug-likeness (QED) is 0.771. The van der Waals surface area contributed by atoms with Gasteiger partial charge in [-0.05, 0) is 56.1 Å². The minimum Gasteiger partial charge on any atom is -0.497 e. The van der Waals surface area contributed by atoms with Crippen molar-refractivity contribution in [2.45, 2.75) is 19.4 Å². The van der Waals surface area contributed by atoms with Crippen LogP contribution in [0.1, 0.15) is 18.7 Å². The third-order valence-corrected chi connectivity index (χ3v) is 5.50. The zero-order chi connectivity index (χ0) is 18.5. The zero-order valence-corrected chi connectivity index (χ0v) is 16.0. The highest BCUT2D eigenvalue weighted by atomic mass is 16.5. The predicted molar refractivity (Wildman–Crippen MR) is 102 cm³/mol. The number of methoxy groups -OCH3 is 1. The number of aromatic nitrogens is 2. The van der Waals surface area contributed by atoms with Gasteiger partial charge in [-0.2, -0.15) is 4.98 Å². The Hall–Kier alpha value is -1.96. The summed E-state index contributed by atoms with van der Waals surface area (Å²) in [6, 6.07) is 7.71. The minimum atomic E-state index is 0.634. The molecule has 0 unspecified atom stereocenters. The Balaban J connectivity index is 1.26. The van der Waals surface area contributed by atoms with Gasteiger partial charge < -0.3 is 14.0 Å². The van der Waals surface area contributed by atoms with E-state index < -0.39 is 0 Å². The van der Waals surface area contributed by atoms with E-state index >= 15 is 0 Å². The van der Waals surface area contributed by atoms with E-state index in [2.05, 4.69) is 19.9 Å². The normalized spacial score (nSPS) is 20.0. The second kappa shape index (κ2) is 8.82. The van der Waals surface area contributed by atoms with Gasteiger partial charge in [0, 0.05) is 25.2 Å². The number of nitrogens with zero attached hydrogens (tertiary/aromatic N) is 4. The van der Waals surface area contributed by atoms with E-state index in [-0.39, 0.29) is 0 Å². The number of likely N-dealkylation sites (tertiary alicyclic amines) is 1. The second-order valence-corrected chi connectivity index (χ2v) is 7.37. The molecule has 2 aliphatic heterocycles. The highest BCUT2D eigenvalue weighted by molar-refractivity contribution is 5.55. The number of hydrogen-bond donors (Lipinski definition) is 0. The molecular weight excluding hydrogens is 344 g/mol. The standard InChI is InChI=1S/C20H28N4O3/c1-25-18-4-2-17(3-5-18)20-21-19(27-22-20)15-23-8-6-16(7-9-23)14-24-10-12-26-13-11-24/h2-5,16H,6-15H2,1H3. The Labute approximate surface area is 160 Å². The van der Waals surface area contributed by atoms with Crippen LogP contribution in [0.2, 0.25) is 0 Å². The second-order valence-electron chi connectivity index (χ2n) is 7.37. The third kappa shape index (κ3) is 4.86. The Morgan fingerprint density at radius 1 is 1.04 bits per heavy atom. The van der Waals surface area contributed by atoms with Gasteiger partial charge in [0.25, 0.3) is 0 Å². The number of hydrogen-bond acceptors (Lipinski definition) is 7. The van der Waals surface area contributed by atoms with Gasteiger partial charge in [0.1, 0.15) is 5.75 Å². The predicted octanol–water partition coefficient (Wildman–Crippen LogP) is 2.29. The first kappa shape index (κ1) is 18.4. The van der Waals surface area contributed by atoms with Gasteiger partial charge in [-0.15, -0.1) is 0 Å². The molecule has 3 heterocycles. The van der Waals surface area contributed by atoms with Crippen LogP contribution in [0.25, 0.3) is 11.4 Å². The molecule has 0 N–H and O–H groups in total. The van der Waals surface area contributed by atoms with Gasteiger partial charge in [-0.25, -0.2) is 0 Å². The lowest BCUT2D eigenvalue weighted by Crippen LogP contribution is -2.42. The summed E-state index contributed by atoms with van der Waals surface area (Å²) in [4.78, 5) is 9.52.